The number of aromatic nitrogens is 2. The second-order valence-corrected chi connectivity index (χ2v) is 5.00. The van der Waals surface area contributed by atoms with Crippen molar-refractivity contribution in [1.29, 1.82) is 0 Å². The summed E-state index contributed by atoms with van der Waals surface area (Å²) in [6, 6.07) is 5.86. The first kappa shape index (κ1) is 13.1. The van der Waals surface area contributed by atoms with Gasteiger partial charge in [0.05, 0.1) is 13.3 Å². The van der Waals surface area contributed by atoms with Crippen molar-refractivity contribution >= 4 is 15.9 Å². The number of aryl methyl sites for hydroxylation is 2. The van der Waals surface area contributed by atoms with Gasteiger partial charge in [0, 0.05) is 17.1 Å². The molecule has 0 saturated heterocycles. The normalized spacial score (nSPS) is 12.5. The average Bonchev–Trinajstić information content (AvgIpc) is 2.72. The summed E-state index contributed by atoms with van der Waals surface area (Å²) in [7, 11) is 3.35. The summed E-state index contributed by atoms with van der Waals surface area (Å²) in [5, 5.41) is 14.6. The Labute approximate surface area is 114 Å². The van der Waals surface area contributed by atoms with Crippen LogP contribution in [0.1, 0.15) is 22.9 Å². The lowest BCUT2D eigenvalue weighted by molar-refractivity contribution is 0.203. The van der Waals surface area contributed by atoms with Gasteiger partial charge in [-0.3, -0.25) is 4.68 Å². The van der Waals surface area contributed by atoms with Gasteiger partial charge in [-0.25, -0.2) is 0 Å². The lowest BCUT2D eigenvalue weighted by Crippen LogP contribution is -2.09. The van der Waals surface area contributed by atoms with Crippen molar-refractivity contribution in [2.24, 2.45) is 7.05 Å². The Kier molecular flexibility index (Phi) is 3.73. The van der Waals surface area contributed by atoms with Crippen LogP contribution in [0, 0.1) is 6.92 Å². The molecule has 5 heteroatoms. The summed E-state index contributed by atoms with van der Waals surface area (Å²) < 4.78 is 7.71. The summed E-state index contributed by atoms with van der Waals surface area (Å²) in [4.78, 5) is 0. The predicted molar refractivity (Wildman–Crippen MR) is 72.7 cm³/mol. The molecule has 0 fully saturated rings. The summed E-state index contributed by atoms with van der Waals surface area (Å²) >= 11 is 3.46. The van der Waals surface area contributed by atoms with Crippen molar-refractivity contribution in [1.82, 2.24) is 9.78 Å². The highest BCUT2D eigenvalue weighted by atomic mass is 79.9. The topological polar surface area (TPSA) is 47.3 Å². The molecule has 1 aromatic heterocycles. The molecule has 1 N–H and O–H groups in total. The van der Waals surface area contributed by atoms with E-state index in [1.807, 2.05) is 25.1 Å². The summed E-state index contributed by atoms with van der Waals surface area (Å²) in [6.07, 6.45) is 0.823. The smallest absolute Gasteiger partial charge is 0.162 e. The monoisotopic (exact) mass is 310 g/mol. The average molecular weight is 311 g/mol. The van der Waals surface area contributed by atoms with Gasteiger partial charge >= 0.3 is 0 Å². The second kappa shape index (κ2) is 5.12. The minimum Gasteiger partial charge on any atom is -0.493 e. The largest absolute Gasteiger partial charge is 0.493 e. The number of aliphatic hydroxyl groups excluding tert-OH is 1. The maximum Gasteiger partial charge on any atom is 0.162 e. The predicted octanol–water partition coefficient (Wildman–Crippen LogP) is 2.58. The summed E-state index contributed by atoms with van der Waals surface area (Å²) in [6.45, 7) is 1.99. The van der Waals surface area contributed by atoms with Crippen molar-refractivity contribution in [3.63, 3.8) is 0 Å². The molecule has 2 rings (SSSR count). The van der Waals surface area contributed by atoms with E-state index in [4.69, 9.17) is 4.74 Å². The molecule has 18 heavy (non-hydrogen) atoms. The number of hydrogen-bond acceptors (Lipinski definition) is 3. The van der Waals surface area contributed by atoms with Crippen LogP contribution in [0.4, 0.5) is 0 Å². The lowest BCUT2D eigenvalue weighted by Gasteiger charge is -2.15. The van der Waals surface area contributed by atoms with Gasteiger partial charge in [0.15, 0.2) is 5.75 Å². The number of ether oxygens (including phenoxy) is 1. The van der Waals surface area contributed by atoms with Gasteiger partial charge in [-0.1, -0.05) is 33.6 Å². The molecule has 1 atom stereocenters. The molecule has 0 spiro atoms. The van der Waals surface area contributed by atoms with Crippen LogP contribution in [0.25, 0.3) is 0 Å². The van der Waals surface area contributed by atoms with Crippen molar-refractivity contribution in [3.8, 4) is 5.75 Å². The summed E-state index contributed by atoms with van der Waals surface area (Å²) in [5.74, 6) is 0.582. The highest BCUT2D eigenvalue weighted by molar-refractivity contribution is 9.10. The van der Waals surface area contributed by atoms with E-state index in [9.17, 15) is 5.11 Å². The minimum atomic E-state index is -0.776. The van der Waals surface area contributed by atoms with E-state index in [2.05, 4.69) is 21.0 Å². The molecule has 0 bridgehead atoms. The van der Waals surface area contributed by atoms with E-state index in [0.29, 0.717) is 11.4 Å². The first-order chi connectivity index (χ1) is 8.54. The number of halogens is 1. The fourth-order valence-electron chi connectivity index (χ4n) is 1.92. The molecule has 96 valence electrons. The quantitative estimate of drug-likeness (QED) is 0.948. The third-order valence-corrected chi connectivity index (χ3v) is 3.60. The van der Waals surface area contributed by atoms with Crippen molar-refractivity contribution in [2.75, 3.05) is 7.11 Å². The fourth-order valence-corrected chi connectivity index (χ4v) is 2.38. The molecule has 0 aliphatic rings. The Morgan fingerprint density at radius 3 is 2.83 bits per heavy atom. The van der Waals surface area contributed by atoms with Gasteiger partial charge in [0.1, 0.15) is 11.8 Å². The zero-order valence-corrected chi connectivity index (χ0v) is 12.1. The molecule has 0 aliphatic heterocycles. The minimum absolute atomic E-state index is 0.582. The van der Waals surface area contributed by atoms with Crippen LogP contribution in [0.5, 0.6) is 5.75 Å². The van der Waals surface area contributed by atoms with Gasteiger partial charge in [-0.2, -0.15) is 5.10 Å². The molecule has 4 nitrogen and oxygen atoms in total. The molecule has 1 unspecified atom stereocenters. The molecular weight excluding hydrogens is 296 g/mol. The molecule has 0 saturated carbocycles. The fraction of sp³-hybridized carbons (Fsp3) is 0.308. The van der Waals surface area contributed by atoms with Crippen molar-refractivity contribution < 1.29 is 9.84 Å². The SMILES string of the molecule is COc1cnn(C)c1C(O)c1cc(C)ccc1Br. The standard InChI is InChI=1S/C13H15BrN2O2/c1-8-4-5-10(14)9(6-8)13(17)12-11(18-3)7-15-16(12)2/h4-7,13,17H,1-3H3. The lowest BCUT2D eigenvalue weighted by atomic mass is 10.0. The van der Waals surface area contributed by atoms with E-state index in [-0.39, 0.29) is 0 Å². The van der Waals surface area contributed by atoms with Crippen molar-refractivity contribution in [2.45, 2.75) is 13.0 Å². The van der Waals surface area contributed by atoms with Crippen LogP contribution < -0.4 is 4.74 Å². The number of nitrogens with zero attached hydrogens (tertiary/aromatic N) is 2. The van der Waals surface area contributed by atoms with Crippen LogP contribution in [0.2, 0.25) is 0 Å². The molecule has 2 aromatic rings. The van der Waals surface area contributed by atoms with Crippen LogP contribution in [-0.2, 0) is 7.05 Å². The Morgan fingerprint density at radius 1 is 1.44 bits per heavy atom. The first-order valence-electron chi connectivity index (χ1n) is 5.54. The molecule has 1 heterocycles. The summed E-state index contributed by atoms with van der Waals surface area (Å²) in [5.41, 5.74) is 2.54. The number of methoxy groups -OCH3 is 1. The van der Waals surface area contributed by atoms with Gasteiger partial charge in [-0.05, 0) is 13.0 Å². The third-order valence-electron chi connectivity index (χ3n) is 2.87. The van der Waals surface area contributed by atoms with Crippen LogP contribution in [-0.4, -0.2) is 22.0 Å². The van der Waals surface area contributed by atoms with Crippen molar-refractivity contribution in [3.05, 3.63) is 45.7 Å². The van der Waals surface area contributed by atoms with Crippen LogP contribution >= 0.6 is 15.9 Å². The number of rotatable bonds is 3. The first-order valence-corrected chi connectivity index (χ1v) is 6.34. The van der Waals surface area contributed by atoms with Gasteiger partial charge in [0.25, 0.3) is 0 Å². The van der Waals surface area contributed by atoms with Crippen LogP contribution in [0.3, 0.4) is 0 Å². The maximum absolute atomic E-state index is 10.5. The highest BCUT2D eigenvalue weighted by Gasteiger charge is 2.22. The van der Waals surface area contributed by atoms with Gasteiger partial charge < -0.3 is 9.84 Å². The molecule has 0 aliphatic carbocycles. The van der Waals surface area contributed by atoms with Gasteiger partial charge in [-0.15, -0.1) is 0 Å². The zero-order valence-electron chi connectivity index (χ0n) is 10.5. The number of benzene rings is 1. The number of hydrogen-bond donors (Lipinski definition) is 1. The Morgan fingerprint density at radius 2 is 2.17 bits per heavy atom. The number of aliphatic hydroxyl groups is 1. The highest BCUT2D eigenvalue weighted by Crippen LogP contribution is 2.33. The third kappa shape index (κ3) is 2.28. The van der Waals surface area contributed by atoms with Crippen LogP contribution in [0.15, 0.2) is 28.9 Å². The molecular formula is C13H15BrN2O2. The zero-order chi connectivity index (χ0) is 13.3. The Balaban J connectivity index is 2.50. The molecule has 0 amide bonds. The van der Waals surface area contributed by atoms with E-state index in [0.717, 1.165) is 15.6 Å². The molecule has 0 radical (unpaired) electrons. The van der Waals surface area contributed by atoms with E-state index in [1.165, 1.54) is 0 Å². The van der Waals surface area contributed by atoms with E-state index in [1.54, 1.807) is 25.0 Å². The maximum atomic E-state index is 10.5. The van der Waals surface area contributed by atoms with E-state index < -0.39 is 6.10 Å². The Bertz CT molecular complexity index is 566. The molecule has 1 aromatic carbocycles. The van der Waals surface area contributed by atoms with Gasteiger partial charge in [0.2, 0.25) is 0 Å². The second-order valence-electron chi connectivity index (χ2n) is 4.15. The Hall–Kier alpha value is -1.33. The van der Waals surface area contributed by atoms with E-state index >= 15 is 0 Å².